The standard InChI is InChI=1S/C30H46BrN9O4S/c1-3-12-38-16-18-39(19-17-38)13-5-8-26(41)33-11-20-45(43,44)40-14-9-23(10-15-40)35-30-34-21-24(31)29(37-30)36-25-7-4-6-22(2)27(25)28(32)42/h4,6-7,21,23H,3,5,8-20H2,1-2H3,(H2,32,42)(H,33,41)(H2,34,35,36,37). The number of hydrogen-bond acceptors (Lipinski definition) is 10. The number of hydrogen-bond donors (Lipinski definition) is 4. The van der Waals surface area contributed by atoms with Gasteiger partial charge in [0.15, 0.2) is 0 Å². The van der Waals surface area contributed by atoms with Crippen LogP contribution in [-0.4, -0.2) is 115 Å². The molecule has 2 aliphatic rings. The second kappa shape index (κ2) is 16.6. The number of aryl methyl sites for hydroxylation is 1. The Kier molecular flexibility index (Phi) is 12.9. The van der Waals surface area contributed by atoms with Crippen LogP contribution >= 0.6 is 15.9 Å². The molecule has 0 aliphatic carbocycles. The van der Waals surface area contributed by atoms with Gasteiger partial charge >= 0.3 is 0 Å². The van der Waals surface area contributed by atoms with E-state index in [1.54, 1.807) is 12.3 Å². The van der Waals surface area contributed by atoms with Crippen molar-refractivity contribution in [3.05, 3.63) is 40.0 Å². The normalized spacial score (nSPS) is 17.2. The number of rotatable bonds is 15. The van der Waals surface area contributed by atoms with Gasteiger partial charge in [-0.2, -0.15) is 4.98 Å². The molecule has 1 aromatic carbocycles. The quantitative estimate of drug-likeness (QED) is 0.216. The number of piperazine rings is 1. The first kappa shape index (κ1) is 35.0. The summed E-state index contributed by atoms with van der Waals surface area (Å²) < 4.78 is 28.0. The van der Waals surface area contributed by atoms with Crippen LogP contribution in [0.5, 0.6) is 0 Å². The van der Waals surface area contributed by atoms with E-state index in [4.69, 9.17) is 5.73 Å². The van der Waals surface area contributed by atoms with Crippen molar-refractivity contribution < 1.29 is 18.0 Å². The van der Waals surface area contributed by atoms with Crippen LogP contribution in [0.1, 0.15) is 54.9 Å². The zero-order valence-electron chi connectivity index (χ0n) is 26.2. The summed E-state index contributed by atoms with van der Waals surface area (Å²) in [5.74, 6) is 0.0948. The fourth-order valence-electron chi connectivity index (χ4n) is 5.76. The number of halogens is 1. The van der Waals surface area contributed by atoms with Crippen molar-refractivity contribution in [2.24, 2.45) is 5.73 Å². The van der Waals surface area contributed by atoms with Gasteiger partial charge in [-0.15, -0.1) is 0 Å². The van der Waals surface area contributed by atoms with Crippen LogP contribution in [0.15, 0.2) is 28.9 Å². The Hall–Kier alpha value is -2.85. The summed E-state index contributed by atoms with van der Waals surface area (Å²) >= 11 is 3.45. The lowest BCUT2D eigenvalue weighted by molar-refractivity contribution is -0.121. The van der Waals surface area contributed by atoms with Gasteiger partial charge in [-0.3, -0.25) is 9.59 Å². The summed E-state index contributed by atoms with van der Waals surface area (Å²) in [6, 6.07) is 5.38. The molecule has 1 aromatic heterocycles. The largest absolute Gasteiger partial charge is 0.366 e. The molecule has 248 valence electrons. The van der Waals surface area contributed by atoms with Crippen molar-refractivity contribution in [2.75, 3.05) is 75.3 Å². The van der Waals surface area contributed by atoms with Gasteiger partial charge in [0.05, 0.1) is 21.5 Å². The average Bonchev–Trinajstić information content (AvgIpc) is 3.00. The lowest BCUT2D eigenvalue weighted by atomic mass is 10.1. The van der Waals surface area contributed by atoms with Gasteiger partial charge in [0.2, 0.25) is 21.9 Å². The van der Waals surface area contributed by atoms with Crippen molar-refractivity contribution in [1.29, 1.82) is 0 Å². The first-order chi connectivity index (χ1) is 21.6. The third-order valence-corrected chi connectivity index (χ3v) is 10.7. The Morgan fingerprint density at radius 3 is 2.42 bits per heavy atom. The monoisotopic (exact) mass is 707 g/mol. The molecule has 2 amide bonds. The van der Waals surface area contributed by atoms with E-state index in [0.717, 1.165) is 51.3 Å². The molecule has 2 fully saturated rings. The summed E-state index contributed by atoms with van der Waals surface area (Å²) in [5.41, 5.74) is 7.27. The Morgan fingerprint density at radius 1 is 1.07 bits per heavy atom. The third kappa shape index (κ3) is 10.3. The van der Waals surface area contributed by atoms with Crippen LogP contribution in [0.2, 0.25) is 0 Å². The molecule has 0 unspecified atom stereocenters. The Balaban J connectivity index is 1.17. The molecule has 3 heterocycles. The molecule has 2 aliphatic heterocycles. The topological polar surface area (TPSA) is 166 Å². The lowest BCUT2D eigenvalue weighted by Crippen LogP contribution is -2.46. The van der Waals surface area contributed by atoms with Crippen LogP contribution in [0, 0.1) is 6.92 Å². The lowest BCUT2D eigenvalue weighted by Gasteiger charge is -2.34. The molecule has 4 rings (SSSR count). The van der Waals surface area contributed by atoms with E-state index in [1.807, 2.05) is 19.1 Å². The van der Waals surface area contributed by atoms with Crippen molar-refractivity contribution in [2.45, 2.75) is 52.0 Å². The van der Waals surface area contributed by atoms with E-state index in [0.29, 0.717) is 59.8 Å². The minimum absolute atomic E-state index is 0.0139. The molecule has 5 N–H and O–H groups in total. The number of primary amides is 1. The summed E-state index contributed by atoms with van der Waals surface area (Å²) in [7, 11) is -3.49. The molecule has 13 nitrogen and oxygen atoms in total. The Morgan fingerprint density at radius 2 is 1.76 bits per heavy atom. The maximum absolute atomic E-state index is 13.0. The maximum Gasteiger partial charge on any atom is 0.251 e. The van der Waals surface area contributed by atoms with E-state index >= 15 is 0 Å². The summed E-state index contributed by atoms with van der Waals surface area (Å²) in [5, 5.41) is 9.26. The van der Waals surface area contributed by atoms with E-state index in [2.05, 4.69) is 58.6 Å². The molecular weight excluding hydrogens is 662 g/mol. The molecule has 2 saturated heterocycles. The Bertz CT molecular complexity index is 1410. The molecule has 45 heavy (non-hydrogen) atoms. The summed E-state index contributed by atoms with van der Waals surface area (Å²) in [6.07, 6.45) is 5.13. The number of anilines is 3. The van der Waals surface area contributed by atoms with Gasteiger partial charge in [-0.05, 0) is 73.3 Å². The van der Waals surface area contributed by atoms with Gasteiger partial charge in [-0.1, -0.05) is 19.1 Å². The third-order valence-electron chi connectivity index (χ3n) is 8.26. The SMILES string of the molecule is CCCN1CCN(CCCC(=O)NCCS(=O)(=O)N2CCC(Nc3ncc(Br)c(Nc4cccc(C)c4C(N)=O)n3)CC2)CC1. The van der Waals surface area contributed by atoms with Gasteiger partial charge in [-0.25, -0.2) is 17.7 Å². The number of sulfonamides is 1. The fourth-order valence-corrected chi connectivity index (χ4v) is 7.44. The molecule has 0 atom stereocenters. The smallest absolute Gasteiger partial charge is 0.251 e. The predicted molar refractivity (Wildman–Crippen MR) is 180 cm³/mol. The molecule has 15 heteroatoms. The van der Waals surface area contributed by atoms with Gasteiger partial charge < -0.3 is 31.5 Å². The van der Waals surface area contributed by atoms with Crippen molar-refractivity contribution in [1.82, 2.24) is 29.4 Å². The zero-order chi connectivity index (χ0) is 32.4. The minimum atomic E-state index is -3.49. The number of nitrogens with zero attached hydrogens (tertiary/aromatic N) is 5. The van der Waals surface area contributed by atoms with Crippen molar-refractivity contribution in [3.8, 4) is 0 Å². The second-order valence-electron chi connectivity index (χ2n) is 11.6. The molecule has 2 aromatic rings. The number of carbonyl (C=O) groups is 2. The highest BCUT2D eigenvalue weighted by Gasteiger charge is 2.28. The molecule has 0 saturated carbocycles. The van der Waals surface area contributed by atoms with Crippen LogP contribution in [0.3, 0.4) is 0 Å². The van der Waals surface area contributed by atoms with Crippen LogP contribution in [0.25, 0.3) is 0 Å². The number of carbonyl (C=O) groups excluding carboxylic acids is 2. The van der Waals surface area contributed by atoms with Crippen molar-refractivity contribution in [3.63, 3.8) is 0 Å². The van der Waals surface area contributed by atoms with Gasteiger partial charge in [0, 0.05) is 64.5 Å². The highest BCUT2D eigenvalue weighted by atomic mass is 79.9. The fraction of sp³-hybridized carbons (Fsp3) is 0.600. The molecule has 0 radical (unpaired) electrons. The maximum atomic E-state index is 13.0. The molecule has 0 bridgehead atoms. The minimum Gasteiger partial charge on any atom is -0.366 e. The first-order valence-electron chi connectivity index (χ1n) is 15.7. The van der Waals surface area contributed by atoms with E-state index < -0.39 is 15.9 Å². The van der Waals surface area contributed by atoms with Crippen molar-refractivity contribution >= 4 is 55.2 Å². The number of amides is 2. The van der Waals surface area contributed by atoms with E-state index in [1.165, 1.54) is 10.7 Å². The number of aromatic nitrogens is 2. The zero-order valence-corrected chi connectivity index (χ0v) is 28.6. The van der Waals surface area contributed by atoms with E-state index in [-0.39, 0.29) is 24.2 Å². The Labute approximate surface area is 274 Å². The molecule has 0 spiro atoms. The van der Waals surface area contributed by atoms with Crippen LogP contribution in [0.4, 0.5) is 17.5 Å². The number of nitrogens with one attached hydrogen (secondary N) is 3. The van der Waals surface area contributed by atoms with Gasteiger partial charge in [0.1, 0.15) is 5.82 Å². The first-order valence-corrected chi connectivity index (χ1v) is 18.1. The number of piperidine rings is 1. The van der Waals surface area contributed by atoms with Gasteiger partial charge in [0.25, 0.3) is 5.91 Å². The second-order valence-corrected chi connectivity index (χ2v) is 14.6. The summed E-state index contributed by atoms with van der Waals surface area (Å²) in [4.78, 5) is 38.1. The highest BCUT2D eigenvalue weighted by Crippen LogP contribution is 2.28. The average molecular weight is 709 g/mol. The predicted octanol–water partition coefficient (Wildman–Crippen LogP) is 2.52. The van der Waals surface area contributed by atoms with E-state index in [9.17, 15) is 18.0 Å². The van der Waals surface area contributed by atoms with Crippen LogP contribution in [-0.2, 0) is 14.8 Å². The molecular formula is C30H46BrN9O4S. The summed E-state index contributed by atoms with van der Waals surface area (Å²) in [6.45, 7) is 11.1. The number of benzene rings is 1. The number of nitrogens with two attached hydrogens (primary N) is 1. The highest BCUT2D eigenvalue weighted by molar-refractivity contribution is 9.10. The van der Waals surface area contributed by atoms with Crippen LogP contribution < -0.4 is 21.7 Å².